The molecule has 4 aliphatic carbocycles. The van der Waals surface area contributed by atoms with E-state index < -0.39 is 0 Å². The van der Waals surface area contributed by atoms with Gasteiger partial charge in [0.15, 0.2) is 0 Å². The molecule has 0 aromatic rings. The standard InChI is InChI=1S/C29H44N2O/c1-18-6-5-15-31-26(16-18)27-20(17-32)11-13-29(4)24-12-14-28(3)22(19(2)30)9-10-23(28)21(24)7-8-25(27)29/h5-6,15-17,19-25,27,31H,7-14,30H2,1-4H3/t19?,20?,21-,22+,23-,24-,25?,27?,28+,29+/m0/s1. The van der Waals surface area contributed by atoms with Gasteiger partial charge in [-0.25, -0.2) is 0 Å². The first-order chi connectivity index (χ1) is 15.3. The van der Waals surface area contributed by atoms with Crippen molar-refractivity contribution in [1.29, 1.82) is 0 Å². The lowest BCUT2D eigenvalue weighted by molar-refractivity contribution is -0.140. The van der Waals surface area contributed by atoms with Crippen molar-refractivity contribution >= 4 is 6.29 Å². The molecule has 10 atom stereocenters. The van der Waals surface area contributed by atoms with Crippen LogP contribution in [0.3, 0.4) is 0 Å². The smallest absolute Gasteiger partial charge is 0.123 e. The summed E-state index contributed by atoms with van der Waals surface area (Å²) in [7, 11) is 0. The van der Waals surface area contributed by atoms with Crippen LogP contribution in [-0.2, 0) is 4.79 Å². The molecule has 32 heavy (non-hydrogen) atoms. The van der Waals surface area contributed by atoms with Gasteiger partial charge in [0.25, 0.3) is 0 Å². The van der Waals surface area contributed by atoms with Crippen LogP contribution >= 0.6 is 0 Å². The molecular formula is C29H44N2O. The number of aldehydes is 1. The number of allylic oxidation sites excluding steroid dienone is 5. The van der Waals surface area contributed by atoms with Crippen molar-refractivity contribution in [1.82, 2.24) is 5.32 Å². The molecule has 1 aliphatic heterocycles. The Balaban J connectivity index is 1.47. The molecule has 0 amide bonds. The lowest BCUT2D eigenvalue weighted by Gasteiger charge is -2.63. The van der Waals surface area contributed by atoms with Crippen LogP contribution in [0.25, 0.3) is 0 Å². The highest BCUT2D eigenvalue weighted by Gasteiger charge is 2.62. The van der Waals surface area contributed by atoms with Gasteiger partial charge in [0.1, 0.15) is 6.29 Å². The minimum Gasteiger partial charge on any atom is -0.365 e. The van der Waals surface area contributed by atoms with Crippen molar-refractivity contribution in [3.63, 3.8) is 0 Å². The summed E-state index contributed by atoms with van der Waals surface area (Å²) in [4.78, 5) is 12.2. The van der Waals surface area contributed by atoms with E-state index in [-0.39, 0.29) is 5.92 Å². The summed E-state index contributed by atoms with van der Waals surface area (Å²) < 4.78 is 0. The fraction of sp³-hybridized carbons (Fsp3) is 0.759. The van der Waals surface area contributed by atoms with E-state index in [1.807, 2.05) is 0 Å². The Morgan fingerprint density at radius 1 is 1.03 bits per heavy atom. The Kier molecular flexibility index (Phi) is 5.72. The number of carbonyl (C=O) groups is 1. The maximum Gasteiger partial charge on any atom is 0.123 e. The number of fused-ring (bicyclic) bond motifs is 5. The Hall–Kier alpha value is -1.35. The predicted octanol–water partition coefficient (Wildman–Crippen LogP) is 5.98. The van der Waals surface area contributed by atoms with Gasteiger partial charge in [-0.3, -0.25) is 0 Å². The van der Waals surface area contributed by atoms with Crippen molar-refractivity contribution in [2.75, 3.05) is 0 Å². The van der Waals surface area contributed by atoms with Crippen molar-refractivity contribution < 1.29 is 4.79 Å². The summed E-state index contributed by atoms with van der Waals surface area (Å²) in [5.41, 5.74) is 9.82. The van der Waals surface area contributed by atoms with Gasteiger partial charge < -0.3 is 15.8 Å². The van der Waals surface area contributed by atoms with Crippen LogP contribution in [0.4, 0.5) is 0 Å². The van der Waals surface area contributed by atoms with Gasteiger partial charge in [0, 0.05) is 29.8 Å². The van der Waals surface area contributed by atoms with Crippen LogP contribution in [0.1, 0.15) is 79.1 Å². The third kappa shape index (κ3) is 3.29. The van der Waals surface area contributed by atoms with Crippen LogP contribution in [0.2, 0.25) is 0 Å². The quantitative estimate of drug-likeness (QED) is 0.535. The molecule has 3 heteroatoms. The Morgan fingerprint density at radius 2 is 1.75 bits per heavy atom. The van der Waals surface area contributed by atoms with E-state index in [9.17, 15) is 4.79 Å². The van der Waals surface area contributed by atoms with Gasteiger partial charge in [-0.1, -0.05) is 19.9 Å². The van der Waals surface area contributed by atoms with Crippen molar-refractivity contribution in [2.45, 2.75) is 85.1 Å². The SMILES string of the molecule is CC1=CC=CNC(C2C(C=O)CC[C@@]3(C)C2CC[C@H]2[C@@H]4CC[C@H](C(C)N)[C@@]4(C)CC[C@@H]23)=C1. The van der Waals surface area contributed by atoms with Crippen molar-refractivity contribution in [3.8, 4) is 0 Å². The number of nitrogens with one attached hydrogen (secondary N) is 1. The highest BCUT2D eigenvalue weighted by Crippen LogP contribution is 2.69. The number of hydrogen-bond acceptors (Lipinski definition) is 3. The highest BCUT2D eigenvalue weighted by atomic mass is 16.1. The van der Waals surface area contributed by atoms with Crippen LogP contribution < -0.4 is 11.1 Å². The highest BCUT2D eigenvalue weighted by molar-refractivity contribution is 5.56. The zero-order chi connectivity index (χ0) is 22.7. The summed E-state index contributed by atoms with van der Waals surface area (Å²) in [6, 6.07) is 0.318. The molecule has 176 valence electrons. The van der Waals surface area contributed by atoms with Crippen molar-refractivity contribution in [3.05, 3.63) is 35.7 Å². The summed E-state index contributed by atoms with van der Waals surface area (Å²) in [6.07, 6.45) is 20.2. The van der Waals surface area contributed by atoms with Gasteiger partial charge in [-0.2, -0.15) is 0 Å². The van der Waals surface area contributed by atoms with Crippen LogP contribution in [0.5, 0.6) is 0 Å². The number of rotatable bonds is 3. The zero-order valence-corrected chi connectivity index (χ0v) is 20.6. The first-order valence-electron chi connectivity index (χ1n) is 13.3. The molecule has 0 radical (unpaired) electrons. The topological polar surface area (TPSA) is 55.1 Å². The van der Waals surface area contributed by atoms with E-state index in [2.05, 4.69) is 57.4 Å². The minimum absolute atomic E-state index is 0.144. The van der Waals surface area contributed by atoms with E-state index in [0.717, 1.165) is 24.2 Å². The van der Waals surface area contributed by atoms with E-state index in [4.69, 9.17) is 5.73 Å². The lowest BCUT2D eigenvalue weighted by atomic mass is 9.42. The van der Waals surface area contributed by atoms with Crippen LogP contribution in [0.15, 0.2) is 35.7 Å². The average Bonchev–Trinajstić information content (AvgIpc) is 2.98. The first kappa shape index (κ1) is 22.4. The largest absolute Gasteiger partial charge is 0.365 e. The number of nitrogens with two attached hydrogens (primary N) is 1. The molecule has 3 N–H and O–H groups in total. The molecule has 1 heterocycles. The minimum atomic E-state index is 0.144. The summed E-state index contributed by atoms with van der Waals surface area (Å²) in [6.45, 7) is 9.60. The van der Waals surface area contributed by atoms with Gasteiger partial charge >= 0.3 is 0 Å². The molecule has 5 rings (SSSR count). The third-order valence-corrected chi connectivity index (χ3v) is 11.2. The lowest BCUT2D eigenvalue weighted by Crippen LogP contribution is -2.57. The molecule has 0 saturated heterocycles. The number of carbonyl (C=O) groups excluding carboxylic acids is 1. The maximum atomic E-state index is 12.2. The second-order valence-electron chi connectivity index (χ2n) is 12.5. The van der Waals surface area contributed by atoms with Gasteiger partial charge in [-0.05, 0) is 123 Å². The second kappa shape index (κ2) is 8.15. The molecule has 0 bridgehead atoms. The molecule has 0 aromatic heterocycles. The summed E-state index contributed by atoms with van der Waals surface area (Å²) in [5, 5.41) is 3.59. The fourth-order valence-corrected chi connectivity index (χ4v) is 9.78. The molecular weight excluding hydrogens is 392 g/mol. The van der Waals surface area contributed by atoms with E-state index in [0.29, 0.717) is 34.6 Å². The fourth-order valence-electron chi connectivity index (χ4n) is 9.78. The molecule has 4 fully saturated rings. The second-order valence-corrected chi connectivity index (χ2v) is 12.5. The molecule has 4 saturated carbocycles. The van der Waals surface area contributed by atoms with E-state index >= 15 is 0 Å². The van der Waals surface area contributed by atoms with Gasteiger partial charge in [0.2, 0.25) is 0 Å². The molecule has 4 unspecified atom stereocenters. The zero-order valence-electron chi connectivity index (χ0n) is 20.6. The normalized spacial score (nSPS) is 48.8. The molecule has 0 aromatic carbocycles. The van der Waals surface area contributed by atoms with Crippen LogP contribution in [-0.4, -0.2) is 12.3 Å². The van der Waals surface area contributed by atoms with Crippen molar-refractivity contribution in [2.24, 2.45) is 58.0 Å². The Labute approximate surface area is 195 Å². The Morgan fingerprint density at radius 3 is 2.50 bits per heavy atom. The summed E-state index contributed by atoms with van der Waals surface area (Å²) in [5.74, 6) is 4.27. The predicted molar refractivity (Wildman–Crippen MR) is 131 cm³/mol. The third-order valence-electron chi connectivity index (χ3n) is 11.2. The number of hydrogen-bond donors (Lipinski definition) is 2. The summed E-state index contributed by atoms with van der Waals surface area (Å²) >= 11 is 0. The van der Waals surface area contributed by atoms with E-state index in [1.54, 1.807) is 0 Å². The Bertz CT molecular complexity index is 840. The maximum absolute atomic E-state index is 12.2. The molecule has 0 spiro atoms. The first-order valence-corrected chi connectivity index (χ1v) is 13.3. The van der Waals surface area contributed by atoms with Gasteiger partial charge in [-0.15, -0.1) is 0 Å². The van der Waals surface area contributed by atoms with Crippen LogP contribution in [0, 0.1) is 52.3 Å². The van der Waals surface area contributed by atoms with E-state index in [1.165, 1.54) is 62.5 Å². The molecule has 5 aliphatic rings. The van der Waals surface area contributed by atoms with Gasteiger partial charge in [0.05, 0.1) is 0 Å². The molecule has 3 nitrogen and oxygen atoms in total. The monoisotopic (exact) mass is 436 g/mol. The average molecular weight is 437 g/mol.